The molecule has 0 N–H and O–H groups in total. The summed E-state index contributed by atoms with van der Waals surface area (Å²) in [6.45, 7) is 7.89. The normalized spacial score (nSPS) is 13.8. The molecule has 0 radical (unpaired) electrons. The number of carbonyl (C=O) groups is 1. The molecule has 2 rings (SSSR count). The van der Waals surface area contributed by atoms with Crippen molar-refractivity contribution in [2.24, 2.45) is 23.7 Å². The molecule has 0 aliphatic carbocycles. The third kappa shape index (κ3) is 7.45. The van der Waals surface area contributed by atoms with Crippen molar-refractivity contribution in [3.05, 3.63) is 63.7 Å². The number of terminal acetylenes is 1. The Balaban J connectivity index is 2.24. The summed E-state index contributed by atoms with van der Waals surface area (Å²) in [5.41, 5.74) is 0.391. The third-order valence-corrected chi connectivity index (χ3v) is 5.43. The number of benzene rings is 1. The maximum absolute atomic E-state index is 13.2. The first-order valence-corrected chi connectivity index (χ1v) is 11.4. The van der Waals surface area contributed by atoms with E-state index >= 15 is 0 Å². The van der Waals surface area contributed by atoms with E-state index in [0.717, 1.165) is 0 Å². The van der Waals surface area contributed by atoms with Crippen LogP contribution in [0.5, 0.6) is 11.6 Å². The first-order valence-electron chi connectivity index (χ1n) is 10.2. The van der Waals surface area contributed by atoms with Crippen molar-refractivity contribution in [1.29, 1.82) is 0 Å². The highest BCUT2D eigenvalue weighted by Crippen LogP contribution is 2.33. The lowest BCUT2D eigenvalue weighted by molar-refractivity contribution is -0.155. The van der Waals surface area contributed by atoms with Gasteiger partial charge in [0.15, 0.2) is 0 Å². The number of nitrogens with zero attached hydrogens (tertiary/aromatic N) is 1. The lowest BCUT2D eigenvalue weighted by Gasteiger charge is -2.30. The van der Waals surface area contributed by atoms with Gasteiger partial charge in [0, 0.05) is 11.1 Å². The summed E-state index contributed by atoms with van der Waals surface area (Å²) in [7, 11) is 0. The van der Waals surface area contributed by atoms with Crippen LogP contribution in [0.2, 0.25) is 5.02 Å². The molecule has 4 nitrogen and oxygen atoms in total. The highest BCUT2D eigenvalue weighted by atomic mass is 35.5. The highest BCUT2D eigenvalue weighted by molar-refractivity contribution is 6.55. The minimum atomic E-state index is -0.971. The van der Waals surface area contributed by atoms with E-state index in [-0.39, 0.29) is 22.2 Å². The molecule has 3 atom stereocenters. The van der Waals surface area contributed by atoms with Crippen LogP contribution in [0.1, 0.15) is 39.5 Å². The molecule has 32 heavy (non-hydrogen) atoms. The molecule has 0 saturated carbocycles. The highest BCUT2D eigenvalue weighted by Gasteiger charge is 2.35. The molecule has 3 unspecified atom stereocenters. The lowest BCUT2D eigenvalue weighted by atomic mass is 9.77. The predicted octanol–water partition coefficient (Wildman–Crippen LogP) is 7.61. The van der Waals surface area contributed by atoms with Gasteiger partial charge in [-0.3, -0.25) is 4.79 Å². The van der Waals surface area contributed by atoms with Crippen LogP contribution in [0, 0.1) is 36.0 Å². The minimum absolute atomic E-state index is 0.0233. The van der Waals surface area contributed by atoms with Gasteiger partial charge in [0.2, 0.25) is 12.0 Å². The molecule has 1 aromatic heterocycles. The van der Waals surface area contributed by atoms with Crippen LogP contribution in [0.25, 0.3) is 0 Å². The number of halogens is 3. The van der Waals surface area contributed by atoms with Gasteiger partial charge in [-0.25, -0.2) is 4.98 Å². The second-order valence-electron chi connectivity index (χ2n) is 7.99. The van der Waals surface area contributed by atoms with Crippen LogP contribution in [0.4, 0.5) is 0 Å². The number of esters is 1. The minimum Gasteiger partial charge on any atom is -0.442 e. The van der Waals surface area contributed by atoms with Crippen molar-refractivity contribution >= 4 is 40.8 Å². The van der Waals surface area contributed by atoms with E-state index in [1.54, 1.807) is 48.5 Å². The Bertz CT molecular complexity index is 977. The van der Waals surface area contributed by atoms with E-state index < -0.39 is 18.0 Å². The average molecular weight is 495 g/mol. The molecule has 7 heteroatoms. The Morgan fingerprint density at radius 1 is 1.06 bits per heavy atom. The van der Waals surface area contributed by atoms with Gasteiger partial charge in [0.1, 0.15) is 10.2 Å². The average Bonchev–Trinajstić information content (AvgIpc) is 2.72. The summed E-state index contributed by atoms with van der Waals surface area (Å²) in [6.07, 6.45) is 6.40. The van der Waals surface area contributed by atoms with E-state index in [2.05, 4.69) is 10.9 Å². The molecule has 0 bridgehead atoms. The Morgan fingerprint density at radius 2 is 1.72 bits per heavy atom. The summed E-state index contributed by atoms with van der Waals surface area (Å²) in [5.74, 6) is 2.36. The molecule has 0 saturated heterocycles. The van der Waals surface area contributed by atoms with E-state index in [4.69, 9.17) is 50.7 Å². The van der Waals surface area contributed by atoms with Crippen LogP contribution in [-0.2, 0) is 9.53 Å². The van der Waals surface area contributed by atoms with Gasteiger partial charge in [0.25, 0.3) is 0 Å². The SMILES string of the molecule is C#CC(OC(=O)C(C(C)C)C(C=C(Cl)Cl)C(C)C)c1cccc(Oc2ccc(Cl)cc2)n1. The quantitative estimate of drug-likeness (QED) is 0.266. The molecule has 0 spiro atoms. The number of hydrogen-bond donors (Lipinski definition) is 0. The van der Waals surface area contributed by atoms with Crippen molar-refractivity contribution in [3.63, 3.8) is 0 Å². The molecule has 1 aromatic carbocycles. The van der Waals surface area contributed by atoms with Gasteiger partial charge in [0.05, 0.1) is 11.6 Å². The summed E-state index contributed by atoms with van der Waals surface area (Å²) in [4.78, 5) is 17.6. The van der Waals surface area contributed by atoms with E-state index in [9.17, 15) is 4.79 Å². The van der Waals surface area contributed by atoms with Crippen molar-refractivity contribution in [1.82, 2.24) is 4.98 Å². The van der Waals surface area contributed by atoms with Gasteiger partial charge in [-0.2, -0.15) is 0 Å². The zero-order chi connectivity index (χ0) is 23.8. The molecule has 0 aliphatic rings. The predicted molar refractivity (Wildman–Crippen MR) is 130 cm³/mol. The third-order valence-electron chi connectivity index (χ3n) is 4.93. The van der Waals surface area contributed by atoms with Crippen LogP contribution in [0.3, 0.4) is 0 Å². The summed E-state index contributed by atoms with van der Waals surface area (Å²) < 4.78 is 11.6. The van der Waals surface area contributed by atoms with Gasteiger partial charge >= 0.3 is 5.97 Å². The van der Waals surface area contributed by atoms with E-state index in [1.807, 2.05) is 27.7 Å². The fraction of sp³-hybridized carbons (Fsp3) is 0.360. The van der Waals surface area contributed by atoms with Crippen molar-refractivity contribution in [2.75, 3.05) is 0 Å². The first-order chi connectivity index (χ1) is 15.1. The number of hydrogen-bond acceptors (Lipinski definition) is 4. The largest absolute Gasteiger partial charge is 0.442 e. The smallest absolute Gasteiger partial charge is 0.311 e. The molecule has 2 aromatic rings. The van der Waals surface area contributed by atoms with Crippen LogP contribution in [0.15, 0.2) is 53.0 Å². The van der Waals surface area contributed by atoms with Gasteiger partial charge in [-0.15, -0.1) is 6.42 Å². The molecule has 1 heterocycles. The molecule has 0 amide bonds. The number of allylic oxidation sites excluding steroid dienone is 1. The Kier molecular flexibility index (Phi) is 9.90. The van der Waals surface area contributed by atoms with Gasteiger partial charge in [-0.05, 0) is 54.2 Å². The molecular weight excluding hydrogens is 469 g/mol. The van der Waals surface area contributed by atoms with E-state index in [1.165, 1.54) is 0 Å². The monoisotopic (exact) mass is 493 g/mol. The second kappa shape index (κ2) is 12.2. The number of ether oxygens (including phenoxy) is 2. The molecule has 0 fully saturated rings. The Hall–Kier alpha value is -2.19. The van der Waals surface area contributed by atoms with Crippen molar-refractivity contribution < 1.29 is 14.3 Å². The Morgan fingerprint density at radius 3 is 2.25 bits per heavy atom. The number of rotatable bonds is 9. The number of aromatic nitrogens is 1. The lowest BCUT2D eigenvalue weighted by Crippen LogP contribution is -2.33. The summed E-state index contributed by atoms with van der Waals surface area (Å²) in [6, 6.07) is 12.0. The zero-order valence-corrected chi connectivity index (χ0v) is 20.7. The molecule has 0 aliphatic heterocycles. The fourth-order valence-corrected chi connectivity index (χ4v) is 3.78. The van der Waals surface area contributed by atoms with E-state index in [0.29, 0.717) is 22.3 Å². The Labute approximate surface area is 204 Å². The van der Waals surface area contributed by atoms with Crippen LogP contribution in [-0.4, -0.2) is 11.0 Å². The van der Waals surface area contributed by atoms with Crippen LogP contribution < -0.4 is 4.74 Å². The number of pyridine rings is 1. The summed E-state index contributed by atoms with van der Waals surface area (Å²) >= 11 is 17.7. The molecular formula is C25H26Cl3NO3. The van der Waals surface area contributed by atoms with Crippen molar-refractivity contribution in [2.45, 2.75) is 33.8 Å². The maximum atomic E-state index is 13.2. The van der Waals surface area contributed by atoms with Gasteiger partial charge in [-0.1, -0.05) is 74.5 Å². The van der Waals surface area contributed by atoms with Gasteiger partial charge < -0.3 is 9.47 Å². The van der Waals surface area contributed by atoms with Crippen molar-refractivity contribution in [3.8, 4) is 24.0 Å². The maximum Gasteiger partial charge on any atom is 0.311 e. The van der Waals surface area contributed by atoms with Crippen LogP contribution >= 0.6 is 34.8 Å². The first kappa shape index (κ1) is 26.1. The summed E-state index contributed by atoms with van der Waals surface area (Å²) in [5, 5.41) is 0.600. The standard InChI is InChI=1S/C25H26Cl3NO3/c1-6-21(32-25(30)24(16(4)5)19(15(2)3)14-22(27)28)20-8-7-9-23(29-20)31-18-12-10-17(26)11-13-18/h1,7-16,19,21,24H,2-5H3. The zero-order valence-electron chi connectivity index (χ0n) is 18.4. The second-order valence-corrected chi connectivity index (χ2v) is 9.43. The topological polar surface area (TPSA) is 48.4 Å². The molecule has 170 valence electrons. The number of carbonyl (C=O) groups excluding carboxylic acids is 1. The fourth-order valence-electron chi connectivity index (χ4n) is 3.36.